The van der Waals surface area contributed by atoms with Crippen molar-refractivity contribution in [3.05, 3.63) is 28.2 Å². The van der Waals surface area contributed by atoms with E-state index in [2.05, 4.69) is 72.0 Å². The van der Waals surface area contributed by atoms with Crippen molar-refractivity contribution in [2.24, 2.45) is 5.92 Å². The summed E-state index contributed by atoms with van der Waals surface area (Å²) in [6.45, 7) is 13.1. The van der Waals surface area contributed by atoms with Crippen molar-refractivity contribution in [2.75, 3.05) is 24.5 Å². The Labute approximate surface area is 126 Å². The molecular weight excluding hydrogens is 300 g/mol. The van der Waals surface area contributed by atoms with E-state index >= 15 is 0 Å². The predicted molar refractivity (Wildman–Crippen MR) is 88.9 cm³/mol. The Morgan fingerprint density at radius 2 is 2.00 bits per heavy atom. The summed E-state index contributed by atoms with van der Waals surface area (Å²) in [6.07, 6.45) is 1.18. The average molecular weight is 327 g/mol. The molecule has 108 valence electrons. The third-order valence-electron chi connectivity index (χ3n) is 3.08. The summed E-state index contributed by atoms with van der Waals surface area (Å²) in [5.41, 5.74) is 2.64. The highest BCUT2D eigenvalue weighted by atomic mass is 79.9. The Morgan fingerprint density at radius 3 is 2.53 bits per heavy atom. The van der Waals surface area contributed by atoms with Crippen molar-refractivity contribution in [1.29, 1.82) is 0 Å². The number of hydrogen-bond acceptors (Lipinski definition) is 2. The molecule has 2 nitrogen and oxygen atoms in total. The molecular formula is C16H27BrN2. The summed E-state index contributed by atoms with van der Waals surface area (Å²) < 4.78 is 1.20. The fraction of sp³-hybridized carbons (Fsp3) is 0.625. The lowest BCUT2D eigenvalue weighted by Crippen LogP contribution is -2.27. The lowest BCUT2D eigenvalue weighted by atomic mass is 10.1. The van der Waals surface area contributed by atoms with Crippen LogP contribution in [0.25, 0.3) is 0 Å². The molecule has 0 bridgehead atoms. The van der Waals surface area contributed by atoms with E-state index in [9.17, 15) is 0 Å². The summed E-state index contributed by atoms with van der Waals surface area (Å²) in [6, 6.07) is 6.70. The van der Waals surface area contributed by atoms with Crippen LogP contribution in [0, 0.1) is 5.92 Å². The molecule has 3 heteroatoms. The van der Waals surface area contributed by atoms with Crippen LogP contribution in [0.15, 0.2) is 22.7 Å². The highest BCUT2D eigenvalue weighted by Gasteiger charge is 2.10. The van der Waals surface area contributed by atoms with Gasteiger partial charge in [-0.3, -0.25) is 0 Å². The third-order valence-corrected chi connectivity index (χ3v) is 3.71. The SMILES string of the molecule is CCCNCc1ccc(N(CC)CC(C)C)c(Br)c1. The number of nitrogens with zero attached hydrogens (tertiary/aromatic N) is 1. The van der Waals surface area contributed by atoms with Crippen LogP contribution in [0.5, 0.6) is 0 Å². The molecule has 1 aromatic carbocycles. The van der Waals surface area contributed by atoms with Crippen LogP contribution in [0.3, 0.4) is 0 Å². The van der Waals surface area contributed by atoms with Crippen LogP contribution < -0.4 is 10.2 Å². The average Bonchev–Trinajstić information content (AvgIpc) is 2.37. The second kappa shape index (κ2) is 8.60. The van der Waals surface area contributed by atoms with E-state index in [0.29, 0.717) is 5.92 Å². The molecule has 0 spiro atoms. The summed E-state index contributed by atoms with van der Waals surface area (Å²) in [7, 11) is 0. The molecule has 0 aliphatic rings. The van der Waals surface area contributed by atoms with Gasteiger partial charge in [-0.25, -0.2) is 0 Å². The molecule has 0 heterocycles. The molecule has 0 radical (unpaired) electrons. The molecule has 19 heavy (non-hydrogen) atoms. The van der Waals surface area contributed by atoms with Crippen molar-refractivity contribution >= 4 is 21.6 Å². The Hall–Kier alpha value is -0.540. The fourth-order valence-corrected chi connectivity index (χ4v) is 2.84. The molecule has 0 atom stereocenters. The summed E-state index contributed by atoms with van der Waals surface area (Å²) in [4.78, 5) is 2.43. The van der Waals surface area contributed by atoms with Gasteiger partial charge in [0.25, 0.3) is 0 Å². The maximum atomic E-state index is 3.72. The van der Waals surface area contributed by atoms with Crippen molar-refractivity contribution in [3.63, 3.8) is 0 Å². The van der Waals surface area contributed by atoms with Crippen LogP contribution in [0.1, 0.15) is 39.7 Å². The lowest BCUT2D eigenvalue weighted by Gasteiger charge is -2.26. The van der Waals surface area contributed by atoms with Gasteiger partial charge in [0, 0.05) is 24.1 Å². The Balaban J connectivity index is 2.74. The zero-order valence-corrected chi connectivity index (χ0v) is 14.3. The highest BCUT2D eigenvalue weighted by molar-refractivity contribution is 9.10. The number of rotatable bonds is 8. The van der Waals surface area contributed by atoms with E-state index in [1.165, 1.54) is 22.1 Å². The number of halogens is 1. The number of anilines is 1. The van der Waals surface area contributed by atoms with Crippen molar-refractivity contribution < 1.29 is 0 Å². The molecule has 1 N–H and O–H groups in total. The maximum absolute atomic E-state index is 3.72. The molecule has 0 saturated heterocycles. The van der Waals surface area contributed by atoms with Crippen LogP contribution in [0.4, 0.5) is 5.69 Å². The predicted octanol–water partition coefficient (Wildman–Crippen LogP) is 4.43. The molecule has 0 saturated carbocycles. The normalized spacial score (nSPS) is 11.1. The smallest absolute Gasteiger partial charge is 0.0510 e. The van der Waals surface area contributed by atoms with E-state index in [1.807, 2.05) is 0 Å². The van der Waals surface area contributed by atoms with Crippen molar-refractivity contribution in [2.45, 2.75) is 40.7 Å². The topological polar surface area (TPSA) is 15.3 Å². The minimum absolute atomic E-state index is 0.678. The van der Waals surface area contributed by atoms with Crippen LogP contribution >= 0.6 is 15.9 Å². The first kappa shape index (κ1) is 16.5. The maximum Gasteiger partial charge on any atom is 0.0510 e. The molecule has 0 unspecified atom stereocenters. The molecule has 0 aromatic heterocycles. The highest BCUT2D eigenvalue weighted by Crippen LogP contribution is 2.28. The summed E-state index contributed by atoms with van der Waals surface area (Å²) in [5.74, 6) is 0.678. The number of nitrogens with one attached hydrogen (secondary N) is 1. The van der Waals surface area contributed by atoms with E-state index in [1.54, 1.807) is 0 Å². The second-order valence-corrected chi connectivity index (χ2v) is 6.25. The molecule has 0 aliphatic heterocycles. The van der Waals surface area contributed by atoms with E-state index < -0.39 is 0 Å². The van der Waals surface area contributed by atoms with Gasteiger partial charge < -0.3 is 10.2 Å². The number of benzene rings is 1. The van der Waals surface area contributed by atoms with E-state index in [0.717, 1.165) is 26.2 Å². The lowest BCUT2D eigenvalue weighted by molar-refractivity contribution is 0.618. The quantitative estimate of drug-likeness (QED) is 0.711. The van der Waals surface area contributed by atoms with Gasteiger partial charge in [-0.15, -0.1) is 0 Å². The molecule has 1 aromatic rings. The van der Waals surface area contributed by atoms with Gasteiger partial charge in [0.2, 0.25) is 0 Å². The molecule has 0 aliphatic carbocycles. The van der Waals surface area contributed by atoms with Gasteiger partial charge >= 0.3 is 0 Å². The first-order valence-corrected chi connectivity index (χ1v) is 8.11. The second-order valence-electron chi connectivity index (χ2n) is 5.40. The third kappa shape index (κ3) is 5.53. The Bertz CT molecular complexity index is 377. The fourth-order valence-electron chi connectivity index (χ4n) is 2.16. The Kier molecular flexibility index (Phi) is 7.47. The van der Waals surface area contributed by atoms with Gasteiger partial charge in [0.1, 0.15) is 0 Å². The van der Waals surface area contributed by atoms with E-state index in [-0.39, 0.29) is 0 Å². The summed E-state index contributed by atoms with van der Waals surface area (Å²) >= 11 is 3.72. The van der Waals surface area contributed by atoms with Gasteiger partial charge in [-0.2, -0.15) is 0 Å². The van der Waals surface area contributed by atoms with Crippen LogP contribution in [-0.2, 0) is 6.54 Å². The Morgan fingerprint density at radius 1 is 1.26 bits per heavy atom. The molecule has 1 rings (SSSR count). The minimum Gasteiger partial charge on any atom is -0.371 e. The number of hydrogen-bond donors (Lipinski definition) is 1. The molecule has 0 fully saturated rings. The molecule has 0 amide bonds. The first-order chi connectivity index (χ1) is 9.08. The first-order valence-electron chi connectivity index (χ1n) is 7.32. The summed E-state index contributed by atoms with van der Waals surface area (Å²) in [5, 5.41) is 3.44. The van der Waals surface area contributed by atoms with Gasteiger partial charge in [-0.1, -0.05) is 26.8 Å². The monoisotopic (exact) mass is 326 g/mol. The van der Waals surface area contributed by atoms with Gasteiger partial charge in [-0.05, 0) is 59.4 Å². The largest absolute Gasteiger partial charge is 0.371 e. The van der Waals surface area contributed by atoms with Gasteiger partial charge in [0.15, 0.2) is 0 Å². The van der Waals surface area contributed by atoms with Crippen molar-refractivity contribution in [3.8, 4) is 0 Å². The van der Waals surface area contributed by atoms with E-state index in [4.69, 9.17) is 0 Å². The zero-order valence-electron chi connectivity index (χ0n) is 12.7. The standard InChI is InChI=1S/C16H27BrN2/c1-5-9-18-11-14-7-8-16(15(17)10-14)19(6-2)12-13(3)4/h7-8,10,13,18H,5-6,9,11-12H2,1-4H3. The van der Waals surface area contributed by atoms with Gasteiger partial charge in [0.05, 0.1) is 5.69 Å². The minimum atomic E-state index is 0.678. The zero-order chi connectivity index (χ0) is 14.3. The van der Waals surface area contributed by atoms with Crippen LogP contribution in [0.2, 0.25) is 0 Å². The van der Waals surface area contributed by atoms with Crippen LogP contribution in [-0.4, -0.2) is 19.6 Å². The van der Waals surface area contributed by atoms with Crippen molar-refractivity contribution in [1.82, 2.24) is 5.32 Å².